The number of aromatic nitrogens is 2. The van der Waals surface area contributed by atoms with E-state index in [1.807, 2.05) is 24.3 Å². The molecule has 0 spiro atoms. The van der Waals surface area contributed by atoms with Crippen molar-refractivity contribution in [1.82, 2.24) is 9.97 Å². The lowest BCUT2D eigenvalue weighted by Gasteiger charge is -2.01. The smallest absolute Gasteiger partial charge is 0.202 e. The van der Waals surface area contributed by atoms with Crippen LogP contribution in [-0.4, -0.2) is 15.8 Å². The zero-order chi connectivity index (χ0) is 14.8. The molecule has 0 unspecified atom stereocenters. The number of H-pyrrole nitrogens is 1. The van der Waals surface area contributed by atoms with Crippen LogP contribution < -0.4 is 5.49 Å². The molecule has 0 aliphatic carbocycles. The standard InChI is InChI=1S/C15H10ClFN4/c16-15-19-12-4-2-1-3-11(12)14(21-15)20-13(18)9-5-7-10(17)8-6-9/h1-8H,(H2,18,19,20,21). The first kappa shape index (κ1) is 13.5. The summed E-state index contributed by atoms with van der Waals surface area (Å²) in [6.45, 7) is 0. The minimum atomic E-state index is -0.351. The zero-order valence-electron chi connectivity index (χ0n) is 10.8. The van der Waals surface area contributed by atoms with Gasteiger partial charge in [0.15, 0.2) is 5.84 Å². The molecule has 0 fully saturated rings. The van der Waals surface area contributed by atoms with Crippen molar-refractivity contribution >= 4 is 28.3 Å². The summed E-state index contributed by atoms with van der Waals surface area (Å²) in [5.74, 6) is -0.339. The van der Waals surface area contributed by atoms with E-state index < -0.39 is 0 Å². The summed E-state index contributed by atoms with van der Waals surface area (Å²) >= 11 is 5.93. The number of nitrogens with one attached hydrogen (secondary N) is 2. The molecule has 0 bridgehead atoms. The third-order valence-corrected chi connectivity index (χ3v) is 3.12. The van der Waals surface area contributed by atoms with Crippen molar-refractivity contribution in [3.8, 4) is 0 Å². The van der Waals surface area contributed by atoms with Gasteiger partial charge in [0.05, 0.1) is 5.52 Å². The molecule has 1 heterocycles. The number of halogens is 2. The maximum atomic E-state index is 12.9. The number of rotatable bonds is 1. The average molecular weight is 301 g/mol. The maximum Gasteiger partial charge on any atom is 0.202 e. The summed E-state index contributed by atoms with van der Waals surface area (Å²) in [6, 6.07) is 13.0. The largest absolute Gasteiger partial charge is 0.314 e. The number of para-hydroxylation sites is 1. The lowest BCUT2D eigenvalue weighted by atomic mass is 10.2. The van der Waals surface area contributed by atoms with Gasteiger partial charge in [0.1, 0.15) is 11.3 Å². The molecule has 0 saturated carbocycles. The van der Waals surface area contributed by atoms with Crippen LogP contribution in [0.25, 0.3) is 10.9 Å². The van der Waals surface area contributed by atoms with Crippen LogP contribution >= 0.6 is 11.6 Å². The molecule has 1 aromatic heterocycles. The lowest BCUT2D eigenvalue weighted by Crippen LogP contribution is -2.14. The number of hydrogen-bond donors (Lipinski definition) is 2. The third-order valence-electron chi connectivity index (χ3n) is 2.94. The topological polar surface area (TPSA) is 64.9 Å². The Hall–Kier alpha value is -2.53. The van der Waals surface area contributed by atoms with E-state index in [1.165, 1.54) is 24.3 Å². The van der Waals surface area contributed by atoms with E-state index in [0.717, 1.165) is 5.39 Å². The predicted molar refractivity (Wildman–Crippen MR) is 79.9 cm³/mol. The first-order chi connectivity index (χ1) is 10.1. The van der Waals surface area contributed by atoms with E-state index in [1.54, 1.807) is 0 Å². The Kier molecular flexibility index (Phi) is 3.50. The van der Waals surface area contributed by atoms with Crippen molar-refractivity contribution < 1.29 is 4.39 Å². The normalized spacial score (nSPS) is 11.8. The Bertz CT molecular complexity index is 884. The Labute approximate surface area is 124 Å². The molecule has 2 aromatic carbocycles. The molecule has 3 aromatic rings. The van der Waals surface area contributed by atoms with Gasteiger partial charge in [0, 0.05) is 10.9 Å². The molecule has 0 atom stereocenters. The Morgan fingerprint density at radius 1 is 1.14 bits per heavy atom. The first-order valence-corrected chi connectivity index (χ1v) is 6.55. The second kappa shape index (κ2) is 5.46. The van der Waals surface area contributed by atoms with Gasteiger partial charge in [-0.3, -0.25) is 5.41 Å². The molecule has 6 heteroatoms. The molecule has 0 aliphatic heterocycles. The fourth-order valence-corrected chi connectivity index (χ4v) is 2.12. The quantitative estimate of drug-likeness (QED) is 0.404. The molecule has 104 valence electrons. The van der Waals surface area contributed by atoms with Crippen molar-refractivity contribution in [2.45, 2.75) is 0 Å². The van der Waals surface area contributed by atoms with Gasteiger partial charge in [0.25, 0.3) is 0 Å². The second-order valence-corrected chi connectivity index (χ2v) is 4.72. The highest BCUT2D eigenvalue weighted by Gasteiger charge is 2.03. The molecular weight excluding hydrogens is 291 g/mol. The minimum Gasteiger partial charge on any atom is -0.314 e. The minimum absolute atomic E-state index is 0.0127. The molecular formula is C15H10ClFN4. The van der Waals surface area contributed by atoms with E-state index in [0.29, 0.717) is 16.6 Å². The number of benzene rings is 2. The van der Waals surface area contributed by atoms with E-state index in [2.05, 4.69) is 15.0 Å². The Morgan fingerprint density at radius 3 is 2.62 bits per heavy atom. The van der Waals surface area contributed by atoms with Gasteiger partial charge in [-0.1, -0.05) is 12.1 Å². The summed E-state index contributed by atoms with van der Waals surface area (Å²) in [7, 11) is 0. The lowest BCUT2D eigenvalue weighted by molar-refractivity contribution is 0.628. The summed E-state index contributed by atoms with van der Waals surface area (Å²) < 4.78 is 12.9. The molecule has 0 radical (unpaired) electrons. The molecule has 4 nitrogen and oxygen atoms in total. The molecule has 2 N–H and O–H groups in total. The number of aromatic amines is 1. The van der Waals surface area contributed by atoms with Gasteiger partial charge >= 0.3 is 0 Å². The number of hydrogen-bond acceptors (Lipinski definition) is 2. The van der Waals surface area contributed by atoms with Crippen LogP contribution in [0.3, 0.4) is 0 Å². The highest BCUT2D eigenvalue weighted by Crippen LogP contribution is 2.09. The van der Waals surface area contributed by atoms with Gasteiger partial charge in [-0.2, -0.15) is 0 Å². The van der Waals surface area contributed by atoms with Crippen LogP contribution in [0.15, 0.2) is 53.5 Å². The SMILES string of the molecule is N=C(/N=c1\[nH]c(Cl)nc2ccccc12)c1ccc(F)cc1. The van der Waals surface area contributed by atoms with Gasteiger partial charge in [-0.25, -0.2) is 14.4 Å². The van der Waals surface area contributed by atoms with Crippen LogP contribution in [0, 0.1) is 11.2 Å². The zero-order valence-corrected chi connectivity index (χ0v) is 11.5. The van der Waals surface area contributed by atoms with Crippen LogP contribution in [0.1, 0.15) is 5.56 Å². The van der Waals surface area contributed by atoms with Crippen molar-refractivity contribution in [2.24, 2.45) is 4.99 Å². The average Bonchev–Trinajstić information content (AvgIpc) is 2.47. The third kappa shape index (κ3) is 2.83. The predicted octanol–water partition coefficient (Wildman–Crippen LogP) is 3.28. The number of nitrogens with zero attached hydrogens (tertiary/aromatic N) is 2. The fraction of sp³-hybridized carbons (Fsp3) is 0. The highest BCUT2D eigenvalue weighted by atomic mass is 35.5. The fourth-order valence-electron chi connectivity index (χ4n) is 1.94. The van der Waals surface area contributed by atoms with Crippen molar-refractivity contribution in [3.05, 3.63) is 70.7 Å². The van der Waals surface area contributed by atoms with Crippen molar-refractivity contribution in [2.75, 3.05) is 0 Å². The van der Waals surface area contributed by atoms with Gasteiger partial charge in [0.2, 0.25) is 5.28 Å². The van der Waals surface area contributed by atoms with Crippen LogP contribution in [0.2, 0.25) is 5.28 Å². The van der Waals surface area contributed by atoms with Crippen LogP contribution in [0.5, 0.6) is 0 Å². The molecule has 0 saturated heterocycles. The van der Waals surface area contributed by atoms with Crippen molar-refractivity contribution in [3.63, 3.8) is 0 Å². The summed E-state index contributed by atoms with van der Waals surface area (Å²) in [5, 5.41) is 8.96. The number of fused-ring (bicyclic) bond motifs is 1. The molecule has 3 rings (SSSR count). The van der Waals surface area contributed by atoms with Crippen molar-refractivity contribution in [1.29, 1.82) is 5.41 Å². The van der Waals surface area contributed by atoms with Crippen LogP contribution in [0.4, 0.5) is 4.39 Å². The van der Waals surface area contributed by atoms with E-state index in [4.69, 9.17) is 17.0 Å². The van der Waals surface area contributed by atoms with Gasteiger partial charge < -0.3 is 4.98 Å². The first-order valence-electron chi connectivity index (χ1n) is 6.17. The Morgan fingerprint density at radius 2 is 1.86 bits per heavy atom. The van der Waals surface area contributed by atoms with Gasteiger partial charge in [-0.15, -0.1) is 0 Å². The second-order valence-electron chi connectivity index (χ2n) is 4.36. The summed E-state index contributed by atoms with van der Waals surface area (Å²) in [4.78, 5) is 11.2. The summed E-state index contributed by atoms with van der Waals surface area (Å²) in [5.41, 5.74) is 1.65. The maximum absolute atomic E-state index is 12.9. The van der Waals surface area contributed by atoms with E-state index in [9.17, 15) is 4.39 Å². The molecule has 0 amide bonds. The van der Waals surface area contributed by atoms with Gasteiger partial charge in [-0.05, 0) is 48.0 Å². The Balaban J connectivity index is 2.15. The summed E-state index contributed by atoms with van der Waals surface area (Å²) in [6.07, 6.45) is 0. The number of amidine groups is 1. The molecule has 0 aliphatic rings. The highest BCUT2D eigenvalue weighted by molar-refractivity contribution is 6.28. The molecule has 21 heavy (non-hydrogen) atoms. The van der Waals surface area contributed by atoms with E-state index >= 15 is 0 Å². The monoisotopic (exact) mass is 300 g/mol. The van der Waals surface area contributed by atoms with E-state index in [-0.39, 0.29) is 16.9 Å². The van der Waals surface area contributed by atoms with Crippen LogP contribution in [-0.2, 0) is 0 Å².